The molecule has 0 unspecified atom stereocenters. The molecule has 0 aliphatic heterocycles. The molecule has 8 nitrogen and oxygen atoms in total. The molecule has 1 N–H and O–H groups in total. The van der Waals surface area contributed by atoms with E-state index in [9.17, 15) is 14.9 Å². The summed E-state index contributed by atoms with van der Waals surface area (Å²) in [5, 5.41) is 23.8. The Labute approximate surface area is 154 Å². The predicted molar refractivity (Wildman–Crippen MR) is 99.0 cm³/mol. The Morgan fingerprint density at radius 1 is 1.22 bits per heavy atom. The number of benzene rings is 1. The lowest BCUT2D eigenvalue weighted by Gasteiger charge is -2.09. The number of aromatic nitrogens is 2. The lowest BCUT2D eigenvalue weighted by Crippen LogP contribution is -2.01. The van der Waals surface area contributed by atoms with Gasteiger partial charge in [-0.05, 0) is 68.8 Å². The molecule has 27 heavy (non-hydrogen) atoms. The monoisotopic (exact) mass is 367 g/mol. The van der Waals surface area contributed by atoms with E-state index < -0.39 is 10.9 Å². The number of aryl methyl sites for hydroxylation is 2. The van der Waals surface area contributed by atoms with E-state index in [1.807, 2.05) is 24.5 Å². The van der Waals surface area contributed by atoms with Crippen molar-refractivity contribution in [1.29, 1.82) is 0 Å². The highest BCUT2D eigenvalue weighted by Gasteiger charge is 2.22. The SMILES string of the molecule is Cc1noc(/C=C\c2cc(C)n(-c3ccc(C(=O)O)cc3)c2C)c1[N+](=O)[O-]. The van der Waals surface area contributed by atoms with Crippen LogP contribution in [-0.2, 0) is 0 Å². The van der Waals surface area contributed by atoms with E-state index in [1.54, 1.807) is 30.3 Å². The van der Waals surface area contributed by atoms with Gasteiger partial charge in [-0.1, -0.05) is 5.16 Å². The zero-order chi connectivity index (χ0) is 19.7. The third kappa shape index (κ3) is 3.37. The standard InChI is InChI=1S/C19H17N3O5/c1-11-10-15(6-9-17-18(22(25)26)12(2)20-27-17)13(3)21(11)16-7-4-14(5-8-16)19(23)24/h4-10H,1-3H3,(H,23,24)/b9-6-. The normalized spacial score (nSPS) is 11.2. The number of carbonyl (C=O) groups is 1. The zero-order valence-electron chi connectivity index (χ0n) is 15.0. The minimum atomic E-state index is -0.977. The first-order valence-electron chi connectivity index (χ1n) is 8.11. The molecule has 0 radical (unpaired) electrons. The topological polar surface area (TPSA) is 111 Å². The molecule has 0 saturated heterocycles. The van der Waals surface area contributed by atoms with Gasteiger partial charge in [-0.2, -0.15) is 0 Å². The Hall–Kier alpha value is -3.68. The van der Waals surface area contributed by atoms with Crippen LogP contribution < -0.4 is 0 Å². The van der Waals surface area contributed by atoms with Crippen molar-refractivity contribution in [2.75, 3.05) is 0 Å². The Morgan fingerprint density at radius 3 is 2.48 bits per heavy atom. The van der Waals surface area contributed by atoms with Crippen molar-refractivity contribution in [3.63, 3.8) is 0 Å². The minimum absolute atomic E-state index is 0.0908. The molecule has 0 saturated carbocycles. The fraction of sp³-hybridized carbons (Fsp3) is 0.158. The molecule has 0 spiro atoms. The second-order valence-corrected chi connectivity index (χ2v) is 6.09. The Morgan fingerprint density at radius 2 is 1.89 bits per heavy atom. The van der Waals surface area contributed by atoms with Gasteiger partial charge in [0.05, 0.1) is 10.5 Å². The molecular formula is C19H17N3O5. The molecule has 0 aliphatic rings. The number of nitrogens with zero attached hydrogens (tertiary/aromatic N) is 3. The number of hydrogen-bond donors (Lipinski definition) is 1. The van der Waals surface area contributed by atoms with Gasteiger partial charge < -0.3 is 14.2 Å². The fourth-order valence-corrected chi connectivity index (χ4v) is 2.99. The number of aromatic carboxylic acids is 1. The highest BCUT2D eigenvalue weighted by Crippen LogP contribution is 2.27. The number of hydrogen-bond acceptors (Lipinski definition) is 5. The first kappa shape index (κ1) is 18.1. The molecule has 0 fully saturated rings. The maximum atomic E-state index is 11.1. The smallest absolute Gasteiger partial charge is 0.338 e. The van der Waals surface area contributed by atoms with E-state index in [1.165, 1.54) is 13.0 Å². The van der Waals surface area contributed by atoms with E-state index in [0.29, 0.717) is 0 Å². The highest BCUT2D eigenvalue weighted by atomic mass is 16.6. The van der Waals surface area contributed by atoms with Gasteiger partial charge in [-0.25, -0.2) is 4.79 Å². The van der Waals surface area contributed by atoms with Gasteiger partial charge in [-0.15, -0.1) is 0 Å². The van der Waals surface area contributed by atoms with Crippen LogP contribution in [0, 0.1) is 30.9 Å². The highest BCUT2D eigenvalue weighted by molar-refractivity contribution is 5.87. The Balaban J connectivity index is 1.97. The number of nitro groups is 1. The van der Waals surface area contributed by atoms with Crippen LogP contribution >= 0.6 is 0 Å². The van der Waals surface area contributed by atoms with Crippen molar-refractivity contribution in [3.05, 3.63) is 74.4 Å². The molecular weight excluding hydrogens is 350 g/mol. The van der Waals surface area contributed by atoms with Gasteiger partial charge in [0.15, 0.2) is 5.69 Å². The van der Waals surface area contributed by atoms with Crippen molar-refractivity contribution in [2.24, 2.45) is 0 Å². The molecule has 1 aromatic carbocycles. The lowest BCUT2D eigenvalue weighted by molar-refractivity contribution is -0.386. The van der Waals surface area contributed by atoms with Crippen LogP contribution in [0.5, 0.6) is 0 Å². The molecule has 0 aliphatic carbocycles. The van der Waals surface area contributed by atoms with Crippen LogP contribution in [0.3, 0.4) is 0 Å². The zero-order valence-corrected chi connectivity index (χ0v) is 15.0. The summed E-state index contributed by atoms with van der Waals surface area (Å²) in [6.07, 6.45) is 3.26. The van der Waals surface area contributed by atoms with Gasteiger partial charge in [0, 0.05) is 17.1 Å². The van der Waals surface area contributed by atoms with Crippen LogP contribution in [0.15, 0.2) is 34.9 Å². The largest absolute Gasteiger partial charge is 0.478 e. The Bertz CT molecular complexity index is 1060. The van der Waals surface area contributed by atoms with E-state index >= 15 is 0 Å². The van der Waals surface area contributed by atoms with Crippen LogP contribution in [0.2, 0.25) is 0 Å². The van der Waals surface area contributed by atoms with Gasteiger partial charge >= 0.3 is 11.7 Å². The molecule has 0 amide bonds. The van der Waals surface area contributed by atoms with Gasteiger partial charge in [0.2, 0.25) is 5.76 Å². The van der Waals surface area contributed by atoms with Gasteiger partial charge in [0.25, 0.3) is 0 Å². The predicted octanol–water partition coefficient (Wildman–Crippen LogP) is 4.17. The second-order valence-electron chi connectivity index (χ2n) is 6.09. The quantitative estimate of drug-likeness (QED) is 0.535. The van der Waals surface area contributed by atoms with Crippen molar-refractivity contribution >= 4 is 23.8 Å². The first-order chi connectivity index (χ1) is 12.8. The van der Waals surface area contributed by atoms with Crippen molar-refractivity contribution < 1.29 is 19.3 Å². The third-order valence-corrected chi connectivity index (χ3v) is 4.30. The number of carboxylic acid groups (broad SMARTS) is 1. The molecule has 2 aromatic heterocycles. The maximum absolute atomic E-state index is 11.1. The number of rotatable bonds is 5. The van der Waals surface area contributed by atoms with Gasteiger partial charge in [0.1, 0.15) is 0 Å². The molecule has 138 valence electrons. The second kappa shape index (κ2) is 6.91. The van der Waals surface area contributed by atoms with E-state index in [0.717, 1.165) is 22.6 Å². The van der Waals surface area contributed by atoms with Crippen LogP contribution in [-0.4, -0.2) is 25.7 Å². The average molecular weight is 367 g/mol. The Kier molecular flexibility index (Phi) is 4.64. The average Bonchev–Trinajstić information content (AvgIpc) is 3.12. The van der Waals surface area contributed by atoms with Crippen molar-refractivity contribution in [3.8, 4) is 5.69 Å². The first-order valence-corrected chi connectivity index (χ1v) is 8.11. The van der Waals surface area contributed by atoms with Crippen molar-refractivity contribution in [1.82, 2.24) is 9.72 Å². The maximum Gasteiger partial charge on any atom is 0.338 e. The molecule has 3 rings (SSSR count). The summed E-state index contributed by atoms with van der Waals surface area (Å²) in [5.74, 6) is -0.886. The van der Waals surface area contributed by atoms with Crippen molar-refractivity contribution in [2.45, 2.75) is 20.8 Å². The minimum Gasteiger partial charge on any atom is -0.478 e. The molecule has 0 bridgehead atoms. The molecule has 8 heteroatoms. The molecule has 3 aromatic rings. The van der Waals surface area contributed by atoms with Crippen LogP contribution in [0.4, 0.5) is 5.69 Å². The summed E-state index contributed by atoms with van der Waals surface area (Å²) in [5.41, 5.74) is 3.83. The van der Waals surface area contributed by atoms with Gasteiger partial charge in [-0.3, -0.25) is 10.1 Å². The van der Waals surface area contributed by atoms with E-state index in [4.69, 9.17) is 9.63 Å². The molecule has 2 heterocycles. The van der Waals surface area contributed by atoms with Crippen LogP contribution in [0.1, 0.15) is 38.8 Å². The summed E-state index contributed by atoms with van der Waals surface area (Å²) in [6, 6.07) is 8.51. The summed E-state index contributed by atoms with van der Waals surface area (Å²) >= 11 is 0. The third-order valence-electron chi connectivity index (χ3n) is 4.30. The molecule has 0 atom stereocenters. The summed E-state index contributed by atoms with van der Waals surface area (Å²) in [4.78, 5) is 21.6. The summed E-state index contributed by atoms with van der Waals surface area (Å²) in [6.45, 7) is 5.36. The summed E-state index contributed by atoms with van der Waals surface area (Å²) < 4.78 is 7.01. The van der Waals surface area contributed by atoms with Crippen LogP contribution in [0.25, 0.3) is 17.8 Å². The fourth-order valence-electron chi connectivity index (χ4n) is 2.99. The number of carboxylic acids is 1. The summed E-state index contributed by atoms with van der Waals surface area (Å²) in [7, 11) is 0. The van der Waals surface area contributed by atoms with E-state index in [-0.39, 0.29) is 22.7 Å². The lowest BCUT2D eigenvalue weighted by atomic mass is 10.2. The van der Waals surface area contributed by atoms with E-state index in [2.05, 4.69) is 5.16 Å².